The van der Waals surface area contributed by atoms with Crippen molar-refractivity contribution in [2.45, 2.75) is 39.3 Å². The van der Waals surface area contributed by atoms with Crippen LogP contribution in [0.5, 0.6) is 0 Å². The van der Waals surface area contributed by atoms with Crippen LogP contribution in [0, 0.1) is 0 Å². The van der Waals surface area contributed by atoms with Crippen molar-refractivity contribution in [3.8, 4) is 0 Å². The quantitative estimate of drug-likeness (QED) is 0.633. The summed E-state index contributed by atoms with van der Waals surface area (Å²) in [5.74, 6) is 0. The lowest BCUT2D eigenvalue weighted by Gasteiger charge is -2.17. The first-order chi connectivity index (χ1) is 4.92. The third-order valence-corrected chi connectivity index (χ3v) is 1.05. The topological polar surface area (TPSA) is 35.2 Å². The molecule has 0 amide bonds. The fourth-order valence-electron chi connectivity index (χ4n) is 0.568. The van der Waals surface area contributed by atoms with Crippen molar-refractivity contribution >= 4 is 0 Å². The number of nitrogens with two attached hydrogens (primary N) is 1. The zero-order valence-electron chi connectivity index (χ0n) is 7.92. The molecule has 11 heavy (non-hydrogen) atoms. The molecule has 1 atom stereocenters. The van der Waals surface area contributed by atoms with Gasteiger partial charge in [-0.15, -0.1) is 0 Å². The summed E-state index contributed by atoms with van der Waals surface area (Å²) < 4.78 is 5.44. The van der Waals surface area contributed by atoms with E-state index in [0.717, 1.165) is 0 Å². The Kier molecular flexibility index (Phi) is 4.38. The van der Waals surface area contributed by atoms with Crippen LogP contribution in [0.1, 0.15) is 27.7 Å². The highest BCUT2D eigenvalue weighted by Crippen LogP contribution is 2.05. The summed E-state index contributed by atoms with van der Waals surface area (Å²) in [7, 11) is 0. The Morgan fingerprint density at radius 1 is 1.45 bits per heavy atom. The number of hydrogen-bond acceptors (Lipinski definition) is 2. The molecule has 0 heterocycles. The van der Waals surface area contributed by atoms with Gasteiger partial charge in [-0.2, -0.15) is 0 Å². The van der Waals surface area contributed by atoms with Crippen LogP contribution in [0.2, 0.25) is 0 Å². The van der Waals surface area contributed by atoms with Crippen LogP contribution in [0.25, 0.3) is 0 Å². The number of ether oxygens (including phenoxy) is 1. The van der Waals surface area contributed by atoms with Crippen LogP contribution in [0.15, 0.2) is 12.2 Å². The predicted octanol–water partition coefficient (Wildman–Crippen LogP) is 1.70. The highest BCUT2D eigenvalue weighted by Gasteiger charge is 2.07. The molecule has 2 N–H and O–H groups in total. The molecule has 0 aromatic rings. The summed E-state index contributed by atoms with van der Waals surface area (Å²) in [6.45, 7) is 8.69. The molecular weight excluding hydrogens is 138 g/mol. The molecule has 0 aliphatic heterocycles. The fourth-order valence-corrected chi connectivity index (χ4v) is 0.568. The van der Waals surface area contributed by atoms with E-state index in [-0.39, 0.29) is 11.6 Å². The van der Waals surface area contributed by atoms with E-state index in [2.05, 4.69) is 0 Å². The Bertz CT molecular complexity index is 122. The largest absolute Gasteiger partial charge is 0.372 e. The molecule has 0 aliphatic carbocycles. The third-order valence-electron chi connectivity index (χ3n) is 1.05. The highest BCUT2D eigenvalue weighted by molar-refractivity contribution is 4.89. The van der Waals surface area contributed by atoms with Crippen molar-refractivity contribution in [3.63, 3.8) is 0 Å². The number of rotatable bonds is 3. The van der Waals surface area contributed by atoms with Gasteiger partial charge in [0.25, 0.3) is 0 Å². The van der Waals surface area contributed by atoms with E-state index in [0.29, 0.717) is 6.61 Å². The fraction of sp³-hybridized carbons (Fsp3) is 0.778. The van der Waals surface area contributed by atoms with E-state index in [1.165, 1.54) is 0 Å². The van der Waals surface area contributed by atoms with Crippen LogP contribution >= 0.6 is 0 Å². The SMILES string of the molecule is CC(N)/C=C/COC(C)(C)C. The Morgan fingerprint density at radius 3 is 2.36 bits per heavy atom. The smallest absolute Gasteiger partial charge is 0.0655 e. The monoisotopic (exact) mass is 157 g/mol. The van der Waals surface area contributed by atoms with Crippen molar-refractivity contribution in [1.29, 1.82) is 0 Å². The summed E-state index contributed by atoms with van der Waals surface area (Å²) in [6.07, 6.45) is 3.89. The van der Waals surface area contributed by atoms with Crippen molar-refractivity contribution < 1.29 is 4.74 Å². The van der Waals surface area contributed by atoms with E-state index < -0.39 is 0 Å². The molecule has 0 aliphatic rings. The van der Waals surface area contributed by atoms with Gasteiger partial charge in [0.05, 0.1) is 12.2 Å². The molecule has 1 unspecified atom stereocenters. The van der Waals surface area contributed by atoms with Crippen molar-refractivity contribution in [2.75, 3.05) is 6.61 Å². The lowest BCUT2D eigenvalue weighted by atomic mass is 10.2. The van der Waals surface area contributed by atoms with Crippen LogP contribution in [0.4, 0.5) is 0 Å². The second-order valence-electron chi connectivity index (χ2n) is 3.71. The Labute approximate surface area is 69.4 Å². The predicted molar refractivity (Wildman–Crippen MR) is 48.5 cm³/mol. The minimum Gasteiger partial charge on any atom is -0.372 e. The second kappa shape index (κ2) is 4.52. The molecule has 2 heteroatoms. The van der Waals surface area contributed by atoms with Gasteiger partial charge in [0.15, 0.2) is 0 Å². The van der Waals surface area contributed by atoms with Crippen LogP contribution in [0.3, 0.4) is 0 Å². The Hall–Kier alpha value is -0.340. The maximum Gasteiger partial charge on any atom is 0.0655 e. The maximum absolute atomic E-state index is 5.50. The first-order valence-corrected chi connectivity index (χ1v) is 3.98. The first-order valence-electron chi connectivity index (χ1n) is 3.98. The second-order valence-corrected chi connectivity index (χ2v) is 3.71. The van der Waals surface area contributed by atoms with Crippen LogP contribution in [-0.4, -0.2) is 18.2 Å². The molecule has 0 aromatic carbocycles. The molecule has 2 nitrogen and oxygen atoms in total. The number of hydrogen-bond donors (Lipinski definition) is 1. The average molecular weight is 157 g/mol. The standard InChI is InChI=1S/C9H19NO/c1-8(10)6-5-7-11-9(2,3)4/h5-6,8H,7,10H2,1-4H3/b6-5+. The zero-order valence-corrected chi connectivity index (χ0v) is 7.92. The maximum atomic E-state index is 5.50. The van der Waals surface area contributed by atoms with Gasteiger partial charge in [-0.1, -0.05) is 12.2 Å². The van der Waals surface area contributed by atoms with Gasteiger partial charge in [-0.05, 0) is 27.7 Å². The van der Waals surface area contributed by atoms with Crippen LogP contribution in [-0.2, 0) is 4.74 Å². The lowest BCUT2D eigenvalue weighted by Crippen LogP contribution is -2.19. The first kappa shape index (κ1) is 10.7. The van der Waals surface area contributed by atoms with E-state index in [1.54, 1.807) is 0 Å². The van der Waals surface area contributed by atoms with Gasteiger partial charge in [-0.3, -0.25) is 0 Å². The van der Waals surface area contributed by atoms with E-state index in [4.69, 9.17) is 10.5 Å². The van der Waals surface area contributed by atoms with Gasteiger partial charge in [0.1, 0.15) is 0 Å². The van der Waals surface area contributed by atoms with E-state index in [9.17, 15) is 0 Å². The molecule has 66 valence electrons. The summed E-state index contributed by atoms with van der Waals surface area (Å²) in [5, 5.41) is 0. The van der Waals surface area contributed by atoms with Gasteiger partial charge >= 0.3 is 0 Å². The van der Waals surface area contributed by atoms with Crippen LogP contribution < -0.4 is 5.73 Å². The lowest BCUT2D eigenvalue weighted by molar-refractivity contribution is 0.0149. The van der Waals surface area contributed by atoms with Gasteiger partial charge in [0.2, 0.25) is 0 Å². The van der Waals surface area contributed by atoms with Crippen molar-refractivity contribution in [1.82, 2.24) is 0 Å². The summed E-state index contributed by atoms with van der Waals surface area (Å²) in [4.78, 5) is 0. The summed E-state index contributed by atoms with van der Waals surface area (Å²) in [6, 6.07) is 0.124. The Morgan fingerprint density at radius 2 is 2.00 bits per heavy atom. The molecule has 0 fully saturated rings. The molecule has 0 aromatic heterocycles. The van der Waals surface area contributed by atoms with Gasteiger partial charge in [0, 0.05) is 6.04 Å². The third kappa shape index (κ3) is 9.66. The molecule has 0 spiro atoms. The van der Waals surface area contributed by atoms with E-state index >= 15 is 0 Å². The van der Waals surface area contributed by atoms with E-state index in [1.807, 2.05) is 39.8 Å². The molecular formula is C9H19NO. The average Bonchev–Trinajstić information content (AvgIpc) is 1.78. The molecule has 0 saturated heterocycles. The summed E-state index contributed by atoms with van der Waals surface area (Å²) in [5.41, 5.74) is 5.45. The highest BCUT2D eigenvalue weighted by atomic mass is 16.5. The normalized spacial score (nSPS) is 15.7. The summed E-state index contributed by atoms with van der Waals surface area (Å²) >= 11 is 0. The minimum atomic E-state index is -0.0534. The molecule has 0 radical (unpaired) electrons. The van der Waals surface area contributed by atoms with Crippen molar-refractivity contribution in [3.05, 3.63) is 12.2 Å². The zero-order chi connectivity index (χ0) is 8.91. The molecule has 0 rings (SSSR count). The molecule has 0 bridgehead atoms. The van der Waals surface area contributed by atoms with Crippen molar-refractivity contribution in [2.24, 2.45) is 5.73 Å². The molecule has 0 saturated carbocycles. The minimum absolute atomic E-state index is 0.0534. The van der Waals surface area contributed by atoms with Gasteiger partial charge in [-0.25, -0.2) is 0 Å². The Balaban J connectivity index is 3.42. The van der Waals surface area contributed by atoms with Gasteiger partial charge < -0.3 is 10.5 Å².